The van der Waals surface area contributed by atoms with Crippen LogP contribution in [0.2, 0.25) is 0 Å². The highest BCUT2D eigenvalue weighted by Crippen LogP contribution is 2.14. The van der Waals surface area contributed by atoms with Gasteiger partial charge in [0.1, 0.15) is 10.6 Å². The molecule has 1 unspecified atom stereocenters. The maximum absolute atomic E-state index is 12.1. The first-order chi connectivity index (χ1) is 8.77. The van der Waals surface area contributed by atoms with E-state index in [0.29, 0.717) is 6.42 Å². The van der Waals surface area contributed by atoms with Gasteiger partial charge in [-0.15, -0.1) is 0 Å². The van der Waals surface area contributed by atoms with Gasteiger partial charge in [-0.1, -0.05) is 13.8 Å². The largest absolute Gasteiger partial charge is 0.477 e. The molecule has 8 heteroatoms. The summed E-state index contributed by atoms with van der Waals surface area (Å²) in [5.41, 5.74) is -0.191. The van der Waals surface area contributed by atoms with E-state index in [9.17, 15) is 13.2 Å². The van der Waals surface area contributed by atoms with Crippen molar-refractivity contribution in [3.8, 4) is 0 Å². The van der Waals surface area contributed by atoms with Gasteiger partial charge in [-0.2, -0.15) is 0 Å². The van der Waals surface area contributed by atoms with E-state index in [1.807, 2.05) is 13.8 Å². The van der Waals surface area contributed by atoms with E-state index in [0.717, 1.165) is 12.3 Å². The van der Waals surface area contributed by atoms with Crippen molar-refractivity contribution in [3.63, 3.8) is 0 Å². The van der Waals surface area contributed by atoms with E-state index in [1.54, 1.807) is 0 Å². The highest BCUT2D eigenvalue weighted by atomic mass is 32.2. The number of hydrogen-bond acceptors (Lipinski definition) is 4. The van der Waals surface area contributed by atoms with Crippen molar-refractivity contribution in [1.29, 1.82) is 0 Å². The van der Waals surface area contributed by atoms with Crippen molar-refractivity contribution < 1.29 is 23.4 Å². The van der Waals surface area contributed by atoms with Crippen molar-refractivity contribution in [1.82, 2.24) is 9.71 Å². The highest BCUT2D eigenvalue weighted by Gasteiger charge is 2.23. The lowest BCUT2D eigenvalue weighted by Gasteiger charge is -2.20. The number of aromatic carboxylic acids is 1. The Labute approximate surface area is 111 Å². The van der Waals surface area contributed by atoms with Crippen LogP contribution in [-0.4, -0.2) is 42.2 Å². The number of rotatable bonds is 7. The van der Waals surface area contributed by atoms with Gasteiger partial charge in [0, 0.05) is 18.8 Å². The number of nitrogens with one attached hydrogen (secondary N) is 2. The Morgan fingerprint density at radius 3 is 2.53 bits per heavy atom. The van der Waals surface area contributed by atoms with Gasteiger partial charge >= 0.3 is 5.97 Å². The van der Waals surface area contributed by atoms with Crippen LogP contribution < -0.4 is 4.72 Å². The van der Waals surface area contributed by atoms with E-state index >= 15 is 0 Å². The topological polar surface area (TPSA) is 119 Å². The van der Waals surface area contributed by atoms with Gasteiger partial charge < -0.3 is 15.2 Å². The number of sulfonamides is 1. The SMILES string of the molecule is CC(C)C(CCO)NS(=O)(=O)c1c[nH]c(C(=O)O)c1. The van der Waals surface area contributed by atoms with E-state index in [2.05, 4.69) is 9.71 Å². The molecular formula is C11H18N2O5S. The monoisotopic (exact) mass is 290 g/mol. The lowest BCUT2D eigenvalue weighted by atomic mass is 10.0. The Hall–Kier alpha value is -1.38. The second-order valence-corrected chi connectivity index (χ2v) is 6.25. The van der Waals surface area contributed by atoms with Crippen LogP contribution in [0.4, 0.5) is 0 Å². The molecule has 0 aliphatic carbocycles. The Morgan fingerprint density at radius 1 is 1.47 bits per heavy atom. The lowest BCUT2D eigenvalue weighted by Crippen LogP contribution is -2.39. The average Bonchev–Trinajstić information content (AvgIpc) is 2.78. The van der Waals surface area contributed by atoms with Gasteiger partial charge in [0.2, 0.25) is 10.0 Å². The summed E-state index contributed by atoms with van der Waals surface area (Å²) >= 11 is 0. The molecule has 1 atom stereocenters. The molecule has 0 spiro atoms. The van der Waals surface area contributed by atoms with E-state index in [1.165, 1.54) is 0 Å². The third-order valence-corrected chi connectivity index (χ3v) is 4.22. The van der Waals surface area contributed by atoms with Crippen molar-refractivity contribution in [2.75, 3.05) is 6.61 Å². The normalized spacial score (nSPS) is 13.7. The molecule has 0 aromatic carbocycles. The summed E-state index contributed by atoms with van der Waals surface area (Å²) in [4.78, 5) is 12.9. The van der Waals surface area contributed by atoms with Gasteiger partial charge in [0.05, 0.1) is 0 Å². The lowest BCUT2D eigenvalue weighted by molar-refractivity contribution is 0.0691. The Bertz CT molecular complexity index is 535. The van der Waals surface area contributed by atoms with E-state index in [-0.39, 0.29) is 23.1 Å². The molecule has 0 aliphatic heterocycles. The molecule has 1 aromatic rings. The third-order valence-electron chi connectivity index (χ3n) is 2.75. The molecule has 1 heterocycles. The van der Waals surface area contributed by atoms with Crippen LogP contribution >= 0.6 is 0 Å². The number of H-pyrrole nitrogens is 1. The van der Waals surface area contributed by atoms with Gasteiger partial charge in [-0.05, 0) is 18.4 Å². The number of aliphatic hydroxyl groups excluding tert-OH is 1. The summed E-state index contributed by atoms with van der Waals surface area (Å²) in [6.07, 6.45) is 1.43. The second-order valence-electron chi connectivity index (χ2n) is 4.54. The Morgan fingerprint density at radius 2 is 2.11 bits per heavy atom. The summed E-state index contributed by atoms with van der Waals surface area (Å²) in [5, 5.41) is 17.6. The van der Waals surface area contributed by atoms with Crippen LogP contribution in [0.5, 0.6) is 0 Å². The molecule has 0 radical (unpaired) electrons. The highest BCUT2D eigenvalue weighted by molar-refractivity contribution is 7.89. The predicted octanol–water partition coefficient (Wildman–Crippen LogP) is 0.398. The molecule has 0 aliphatic rings. The van der Waals surface area contributed by atoms with E-state index < -0.39 is 22.0 Å². The number of aromatic nitrogens is 1. The molecule has 1 rings (SSSR count). The molecule has 108 valence electrons. The van der Waals surface area contributed by atoms with Crippen LogP contribution in [0.3, 0.4) is 0 Å². The molecule has 7 nitrogen and oxygen atoms in total. The number of hydrogen-bond donors (Lipinski definition) is 4. The second kappa shape index (κ2) is 6.18. The average molecular weight is 290 g/mol. The smallest absolute Gasteiger partial charge is 0.352 e. The number of carboxylic acids is 1. The minimum Gasteiger partial charge on any atom is -0.477 e. The summed E-state index contributed by atoms with van der Waals surface area (Å²) in [7, 11) is -3.80. The van der Waals surface area contributed by atoms with Crippen LogP contribution in [0.15, 0.2) is 17.2 Å². The predicted molar refractivity (Wildman–Crippen MR) is 68.4 cm³/mol. The van der Waals surface area contributed by atoms with Crippen LogP contribution in [-0.2, 0) is 10.0 Å². The fourth-order valence-corrected chi connectivity index (χ4v) is 3.00. The molecule has 4 N–H and O–H groups in total. The summed E-state index contributed by atoms with van der Waals surface area (Å²) in [5.74, 6) is -1.21. The fraction of sp³-hybridized carbons (Fsp3) is 0.545. The zero-order valence-electron chi connectivity index (χ0n) is 10.8. The van der Waals surface area contributed by atoms with Crippen LogP contribution in [0, 0.1) is 5.92 Å². The minimum atomic E-state index is -3.80. The first kappa shape index (κ1) is 15.7. The van der Waals surface area contributed by atoms with Gasteiger partial charge in [0.15, 0.2) is 0 Å². The maximum Gasteiger partial charge on any atom is 0.352 e. The summed E-state index contributed by atoms with van der Waals surface area (Å²) < 4.78 is 26.6. The van der Waals surface area contributed by atoms with Crippen molar-refractivity contribution in [3.05, 3.63) is 18.0 Å². The molecule has 1 aromatic heterocycles. The fourth-order valence-electron chi connectivity index (χ4n) is 1.59. The Balaban J connectivity index is 2.93. The van der Waals surface area contributed by atoms with Crippen LogP contribution in [0.25, 0.3) is 0 Å². The van der Waals surface area contributed by atoms with Crippen molar-refractivity contribution in [2.45, 2.75) is 31.2 Å². The minimum absolute atomic E-state index is 0.0137. The first-order valence-corrected chi connectivity index (χ1v) is 7.31. The van der Waals surface area contributed by atoms with Gasteiger partial charge in [-0.3, -0.25) is 0 Å². The number of aromatic amines is 1. The molecule has 19 heavy (non-hydrogen) atoms. The summed E-state index contributed by atoms with van der Waals surface area (Å²) in [6, 6.07) is 0.652. The molecule has 0 amide bonds. The quantitative estimate of drug-likeness (QED) is 0.579. The summed E-state index contributed by atoms with van der Waals surface area (Å²) in [6.45, 7) is 3.55. The molecular weight excluding hydrogens is 272 g/mol. The van der Waals surface area contributed by atoms with Gasteiger partial charge in [-0.25, -0.2) is 17.9 Å². The molecule has 0 bridgehead atoms. The maximum atomic E-state index is 12.1. The number of aliphatic hydroxyl groups is 1. The zero-order valence-corrected chi connectivity index (χ0v) is 11.6. The third kappa shape index (κ3) is 4.05. The Kier molecular flexibility index (Phi) is 5.10. The first-order valence-electron chi connectivity index (χ1n) is 5.83. The van der Waals surface area contributed by atoms with E-state index in [4.69, 9.17) is 10.2 Å². The van der Waals surface area contributed by atoms with Gasteiger partial charge in [0.25, 0.3) is 0 Å². The molecule has 0 saturated heterocycles. The van der Waals surface area contributed by atoms with Crippen molar-refractivity contribution in [2.24, 2.45) is 5.92 Å². The van der Waals surface area contributed by atoms with Crippen LogP contribution in [0.1, 0.15) is 30.8 Å². The number of carboxylic acid groups (broad SMARTS) is 1. The zero-order chi connectivity index (χ0) is 14.6. The molecule has 0 fully saturated rings. The number of carbonyl (C=O) groups is 1. The van der Waals surface area contributed by atoms with Crippen molar-refractivity contribution >= 4 is 16.0 Å². The molecule has 0 saturated carbocycles. The standard InChI is InChI=1S/C11H18N2O5S/c1-7(2)9(3-4-14)13-19(17,18)8-5-10(11(15)16)12-6-8/h5-7,9,12-14H,3-4H2,1-2H3,(H,15,16).